The number of rotatable bonds is 7. The topological polar surface area (TPSA) is 28.1 Å². The van der Waals surface area contributed by atoms with Gasteiger partial charge in [-0.2, -0.15) is 5.10 Å². The van der Waals surface area contributed by atoms with E-state index in [1.807, 2.05) is 105 Å². The normalized spacial score (nSPS) is 10.8. The standard InChI is InChI=1S/C23H25N3O/c1-4-27-23-17-22(25(2)3)16-15-19(23)18-24-26(20-11-7-5-8-12-20)21-13-9-6-10-14-21/h5-18H,4H2,1-3H3. The molecule has 27 heavy (non-hydrogen) atoms. The maximum absolute atomic E-state index is 5.84. The van der Waals surface area contributed by atoms with Gasteiger partial charge >= 0.3 is 0 Å². The lowest BCUT2D eigenvalue weighted by atomic mass is 10.2. The largest absolute Gasteiger partial charge is 0.493 e. The van der Waals surface area contributed by atoms with Crippen molar-refractivity contribution in [3.8, 4) is 5.75 Å². The second kappa shape index (κ2) is 8.90. The molecule has 0 radical (unpaired) electrons. The summed E-state index contributed by atoms with van der Waals surface area (Å²) >= 11 is 0. The van der Waals surface area contributed by atoms with Crippen LogP contribution in [0.1, 0.15) is 12.5 Å². The van der Waals surface area contributed by atoms with Crippen molar-refractivity contribution in [3.63, 3.8) is 0 Å². The molecular formula is C23H25N3O. The molecule has 0 heterocycles. The zero-order chi connectivity index (χ0) is 19.1. The predicted octanol–water partition coefficient (Wildman–Crippen LogP) is 5.32. The molecule has 0 atom stereocenters. The van der Waals surface area contributed by atoms with E-state index in [-0.39, 0.29) is 0 Å². The molecule has 0 saturated heterocycles. The number of hydrogen-bond donors (Lipinski definition) is 0. The Bertz CT molecular complexity index is 837. The molecule has 3 aromatic carbocycles. The number of hydrogen-bond acceptors (Lipinski definition) is 4. The van der Waals surface area contributed by atoms with Gasteiger partial charge in [0, 0.05) is 31.4 Å². The van der Waals surface area contributed by atoms with Crippen LogP contribution in [0.2, 0.25) is 0 Å². The number of nitrogens with zero attached hydrogens (tertiary/aromatic N) is 3. The Balaban J connectivity index is 1.97. The van der Waals surface area contributed by atoms with Crippen molar-refractivity contribution in [1.29, 1.82) is 0 Å². The second-order valence-electron chi connectivity index (χ2n) is 6.28. The Morgan fingerprint density at radius 1 is 0.815 bits per heavy atom. The van der Waals surface area contributed by atoms with Crippen molar-refractivity contribution in [2.75, 3.05) is 30.6 Å². The molecule has 0 fully saturated rings. The molecule has 0 N–H and O–H groups in total. The summed E-state index contributed by atoms with van der Waals surface area (Å²) in [6, 6.07) is 26.4. The van der Waals surface area contributed by atoms with E-state index in [2.05, 4.69) is 11.0 Å². The van der Waals surface area contributed by atoms with E-state index in [1.54, 1.807) is 0 Å². The van der Waals surface area contributed by atoms with E-state index < -0.39 is 0 Å². The van der Waals surface area contributed by atoms with Crippen LogP contribution in [0.15, 0.2) is 84.0 Å². The van der Waals surface area contributed by atoms with E-state index in [4.69, 9.17) is 9.84 Å². The number of hydrazone groups is 1. The van der Waals surface area contributed by atoms with Gasteiger partial charge in [-0.3, -0.25) is 0 Å². The van der Waals surface area contributed by atoms with Crippen LogP contribution in [0.3, 0.4) is 0 Å². The van der Waals surface area contributed by atoms with Crippen LogP contribution in [0.4, 0.5) is 17.1 Å². The zero-order valence-corrected chi connectivity index (χ0v) is 16.0. The second-order valence-corrected chi connectivity index (χ2v) is 6.28. The minimum Gasteiger partial charge on any atom is -0.493 e. The molecular weight excluding hydrogens is 334 g/mol. The molecule has 0 unspecified atom stereocenters. The first-order chi connectivity index (χ1) is 13.2. The van der Waals surface area contributed by atoms with Crippen LogP contribution in [-0.4, -0.2) is 26.9 Å². The van der Waals surface area contributed by atoms with Crippen LogP contribution in [0, 0.1) is 0 Å². The lowest BCUT2D eigenvalue weighted by Crippen LogP contribution is -2.11. The number of anilines is 3. The number of ether oxygens (including phenoxy) is 1. The maximum atomic E-state index is 5.84. The summed E-state index contributed by atoms with van der Waals surface area (Å²) in [5.41, 5.74) is 4.04. The summed E-state index contributed by atoms with van der Waals surface area (Å²) in [6.07, 6.45) is 1.85. The Hall–Kier alpha value is -3.27. The number of para-hydroxylation sites is 2. The summed E-state index contributed by atoms with van der Waals surface area (Å²) in [6.45, 7) is 2.60. The number of benzene rings is 3. The fraction of sp³-hybridized carbons (Fsp3) is 0.174. The van der Waals surface area contributed by atoms with Crippen molar-refractivity contribution in [2.24, 2.45) is 5.10 Å². The molecule has 0 aliphatic carbocycles. The Morgan fingerprint density at radius 2 is 1.41 bits per heavy atom. The third kappa shape index (κ3) is 4.67. The van der Waals surface area contributed by atoms with E-state index in [0.717, 1.165) is 28.4 Å². The molecule has 3 rings (SSSR count). The third-order valence-corrected chi connectivity index (χ3v) is 4.13. The lowest BCUT2D eigenvalue weighted by Gasteiger charge is -2.20. The highest BCUT2D eigenvalue weighted by Crippen LogP contribution is 2.27. The van der Waals surface area contributed by atoms with Crippen LogP contribution < -0.4 is 14.6 Å². The highest BCUT2D eigenvalue weighted by Gasteiger charge is 2.09. The van der Waals surface area contributed by atoms with Crippen LogP contribution in [0.25, 0.3) is 0 Å². The van der Waals surface area contributed by atoms with Gasteiger partial charge in [-0.25, -0.2) is 5.01 Å². The quantitative estimate of drug-likeness (QED) is 0.422. The van der Waals surface area contributed by atoms with Crippen LogP contribution in [-0.2, 0) is 0 Å². The molecule has 0 aliphatic heterocycles. The summed E-state index contributed by atoms with van der Waals surface area (Å²) < 4.78 is 5.84. The third-order valence-electron chi connectivity index (χ3n) is 4.13. The summed E-state index contributed by atoms with van der Waals surface area (Å²) in [5, 5.41) is 6.69. The van der Waals surface area contributed by atoms with Crippen molar-refractivity contribution in [1.82, 2.24) is 0 Å². The lowest BCUT2D eigenvalue weighted by molar-refractivity contribution is 0.340. The summed E-state index contributed by atoms with van der Waals surface area (Å²) in [7, 11) is 4.04. The van der Waals surface area contributed by atoms with Gasteiger partial charge in [-0.15, -0.1) is 0 Å². The van der Waals surface area contributed by atoms with Gasteiger partial charge in [0.1, 0.15) is 5.75 Å². The van der Waals surface area contributed by atoms with Gasteiger partial charge in [0.25, 0.3) is 0 Å². The van der Waals surface area contributed by atoms with Crippen LogP contribution >= 0.6 is 0 Å². The average Bonchev–Trinajstić information content (AvgIpc) is 2.71. The van der Waals surface area contributed by atoms with Gasteiger partial charge < -0.3 is 9.64 Å². The van der Waals surface area contributed by atoms with E-state index in [1.165, 1.54) is 0 Å². The first-order valence-electron chi connectivity index (χ1n) is 9.07. The molecule has 0 amide bonds. The van der Waals surface area contributed by atoms with Gasteiger partial charge in [-0.05, 0) is 43.3 Å². The molecule has 0 aromatic heterocycles. The summed E-state index contributed by atoms with van der Waals surface area (Å²) in [4.78, 5) is 2.06. The fourth-order valence-corrected chi connectivity index (χ4v) is 2.73. The monoisotopic (exact) mass is 359 g/mol. The highest BCUT2D eigenvalue weighted by atomic mass is 16.5. The van der Waals surface area contributed by atoms with E-state index in [0.29, 0.717) is 6.61 Å². The van der Waals surface area contributed by atoms with Crippen molar-refractivity contribution >= 4 is 23.3 Å². The minimum absolute atomic E-state index is 0.610. The smallest absolute Gasteiger partial charge is 0.130 e. The van der Waals surface area contributed by atoms with Gasteiger partial charge in [0.05, 0.1) is 24.2 Å². The van der Waals surface area contributed by atoms with Crippen molar-refractivity contribution < 1.29 is 4.74 Å². The predicted molar refractivity (Wildman–Crippen MR) is 115 cm³/mol. The SMILES string of the molecule is CCOc1cc(N(C)C)ccc1C=NN(c1ccccc1)c1ccccc1. The summed E-state index contributed by atoms with van der Waals surface area (Å²) in [5.74, 6) is 0.827. The minimum atomic E-state index is 0.610. The molecule has 4 nitrogen and oxygen atoms in total. The highest BCUT2D eigenvalue weighted by molar-refractivity contribution is 5.86. The molecule has 0 spiro atoms. The van der Waals surface area contributed by atoms with Gasteiger partial charge in [0.2, 0.25) is 0 Å². The van der Waals surface area contributed by atoms with Crippen molar-refractivity contribution in [2.45, 2.75) is 6.92 Å². The molecule has 4 heteroatoms. The first kappa shape index (κ1) is 18.5. The first-order valence-corrected chi connectivity index (χ1v) is 9.07. The molecule has 0 bridgehead atoms. The Kier molecular flexibility index (Phi) is 6.10. The average molecular weight is 359 g/mol. The molecule has 0 saturated carbocycles. The Morgan fingerprint density at radius 3 is 1.93 bits per heavy atom. The molecule has 0 aliphatic rings. The maximum Gasteiger partial charge on any atom is 0.130 e. The van der Waals surface area contributed by atoms with E-state index in [9.17, 15) is 0 Å². The van der Waals surface area contributed by atoms with Crippen molar-refractivity contribution in [3.05, 3.63) is 84.4 Å². The van der Waals surface area contributed by atoms with Gasteiger partial charge in [0.15, 0.2) is 0 Å². The van der Waals surface area contributed by atoms with E-state index >= 15 is 0 Å². The molecule has 3 aromatic rings. The van der Waals surface area contributed by atoms with Gasteiger partial charge in [-0.1, -0.05) is 36.4 Å². The zero-order valence-electron chi connectivity index (χ0n) is 16.0. The fourth-order valence-electron chi connectivity index (χ4n) is 2.73. The Labute approximate surface area is 161 Å². The molecule has 138 valence electrons. The van der Waals surface area contributed by atoms with Crippen LogP contribution in [0.5, 0.6) is 5.75 Å².